The molecule has 26 heavy (non-hydrogen) atoms. The fourth-order valence-electron chi connectivity index (χ4n) is 3.03. The monoisotopic (exact) mass is 389 g/mol. The van der Waals surface area contributed by atoms with Gasteiger partial charge in [0, 0.05) is 37.1 Å². The third kappa shape index (κ3) is 3.01. The molecule has 0 aliphatic carbocycles. The second-order valence-corrected chi connectivity index (χ2v) is 8.24. The molecule has 0 spiro atoms. The van der Waals surface area contributed by atoms with Gasteiger partial charge in [-0.05, 0) is 19.1 Å². The van der Waals surface area contributed by atoms with Gasteiger partial charge in [0.2, 0.25) is 0 Å². The van der Waals surface area contributed by atoms with Crippen molar-refractivity contribution < 1.29 is 9.72 Å². The Morgan fingerprint density at radius 1 is 1.19 bits per heavy atom. The lowest BCUT2D eigenvalue weighted by Gasteiger charge is -2.35. The Labute approximate surface area is 156 Å². The van der Waals surface area contributed by atoms with Gasteiger partial charge < -0.3 is 9.80 Å². The van der Waals surface area contributed by atoms with Crippen LogP contribution in [-0.2, 0) is 0 Å². The van der Waals surface area contributed by atoms with Crippen LogP contribution in [0.4, 0.5) is 10.8 Å². The molecule has 0 N–H and O–H groups in total. The number of fused-ring (bicyclic) bond motifs is 1. The fraction of sp³-hybridized carbons (Fsp3) is 0.312. The van der Waals surface area contributed by atoms with Crippen LogP contribution in [0.2, 0.25) is 0 Å². The van der Waals surface area contributed by atoms with Crippen LogP contribution in [0.25, 0.3) is 10.2 Å². The molecule has 0 unspecified atom stereocenters. The summed E-state index contributed by atoms with van der Waals surface area (Å²) in [6.45, 7) is 4.49. The summed E-state index contributed by atoms with van der Waals surface area (Å²) in [7, 11) is 0. The van der Waals surface area contributed by atoms with Crippen LogP contribution in [0.5, 0.6) is 0 Å². The van der Waals surface area contributed by atoms with E-state index in [1.807, 2.05) is 6.92 Å². The molecular formula is C16H15N5O3S2. The molecule has 0 aromatic carbocycles. The molecular weight excluding hydrogens is 374 g/mol. The number of rotatable bonds is 3. The summed E-state index contributed by atoms with van der Waals surface area (Å²) in [6, 6.07) is 5.00. The molecule has 4 rings (SSSR count). The average Bonchev–Trinajstić information content (AvgIpc) is 3.27. The topological polar surface area (TPSA) is 92.5 Å². The first-order chi connectivity index (χ1) is 12.5. The minimum absolute atomic E-state index is 0.0109. The SMILES string of the molecule is Cc1cc2c(N3CCN(C(=O)c4ccc([N+](=O)[O-])s4)CC3)ncnc2s1. The zero-order valence-electron chi connectivity index (χ0n) is 13.9. The molecule has 1 saturated heterocycles. The highest BCUT2D eigenvalue weighted by Gasteiger charge is 2.26. The van der Waals surface area contributed by atoms with Gasteiger partial charge in [-0.25, -0.2) is 9.97 Å². The highest BCUT2D eigenvalue weighted by atomic mass is 32.1. The van der Waals surface area contributed by atoms with Crippen molar-refractivity contribution in [3.8, 4) is 0 Å². The van der Waals surface area contributed by atoms with Gasteiger partial charge in [0.25, 0.3) is 5.91 Å². The molecule has 4 heterocycles. The number of hydrogen-bond donors (Lipinski definition) is 0. The van der Waals surface area contributed by atoms with Crippen molar-refractivity contribution in [3.05, 3.63) is 44.4 Å². The lowest BCUT2D eigenvalue weighted by Crippen LogP contribution is -2.49. The Hall–Kier alpha value is -2.59. The molecule has 134 valence electrons. The normalized spacial score (nSPS) is 14.8. The predicted octanol–water partition coefficient (Wildman–Crippen LogP) is 2.93. The number of aromatic nitrogens is 2. The van der Waals surface area contributed by atoms with Crippen LogP contribution >= 0.6 is 22.7 Å². The number of nitro groups is 1. The van der Waals surface area contributed by atoms with Gasteiger partial charge in [0.15, 0.2) is 0 Å². The van der Waals surface area contributed by atoms with E-state index in [4.69, 9.17) is 0 Å². The second-order valence-electron chi connectivity index (χ2n) is 5.95. The number of amides is 1. The van der Waals surface area contributed by atoms with Gasteiger partial charge in [0.1, 0.15) is 17.0 Å². The average molecular weight is 389 g/mol. The summed E-state index contributed by atoms with van der Waals surface area (Å²) in [5.41, 5.74) is 0. The van der Waals surface area contributed by atoms with Crippen molar-refractivity contribution in [3.63, 3.8) is 0 Å². The molecule has 3 aromatic heterocycles. The van der Waals surface area contributed by atoms with Crippen molar-refractivity contribution in [2.75, 3.05) is 31.1 Å². The second kappa shape index (κ2) is 6.61. The maximum absolute atomic E-state index is 12.6. The Balaban J connectivity index is 1.48. The van der Waals surface area contributed by atoms with Gasteiger partial charge in [0.05, 0.1) is 15.2 Å². The van der Waals surface area contributed by atoms with E-state index in [-0.39, 0.29) is 10.9 Å². The number of piperazine rings is 1. The fourth-order valence-corrected chi connectivity index (χ4v) is 4.66. The molecule has 0 bridgehead atoms. The van der Waals surface area contributed by atoms with E-state index in [1.54, 1.807) is 22.6 Å². The van der Waals surface area contributed by atoms with Gasteiger partial charge in [-0.1, -0.05) is 11.3 Å². The number of anilines is 1. The Bertz CT molecular complexity index is 991. The number of carbonyl (C=O) groups is 1. The van der Waals surface area contributed by atoms with E-state index >= 15 is 0 Å². The number of aryl methyl sites for hydroxylation is 1. The Kier molecular flexibility index (Phi) is 4.29. The molecule has 1 aliphatic rings. The van der Waals surface area contributed by atoms with Crippen LogP contribution in [0.3, 0.4) is 0 Å². The van der Waals surface area contributed by atoms with Crippen molar-refractivity contribution in [1.29, 1.82) is 0 Å². The standard InChI is InChI=1S/C16H15N5O3S2/c1-10-8-11-14(17-9-18-15(11)25-10)19-4-6-20(7-5-19)16(22)12-2-3-13(26-12)21(23)24/h2-3,8-9H,4-7H2,1H3. The van der Waals surface area contributed by atoms with Crippen molar-refractivity contribution in [2.45, 2.75) is 6.92 Å². The van der Waals surface area contributed by atoms with Crippen molar-refractivity contribution in [2.24, 2.45) is 0 Å². The smallest absolute Gasteiger partial charge is 0.324 e. The molecule has 1 aliphatic heterocycles. The van der Waals surface area contributed by atoms with Crippen LogP contribution in [-0.4, -0.2) is 51.9 Å². The first kappa shape index (κ1) is 16.9. The van der Waals surface area contributed by atoms with E-state index in [2.05, 4.69) is 20.9 Å². The summed E-state index contributed by atoms with van der Waals surface area (Å²) in [4.78, 5) is 38.1. The van der Waals surface area contributed by atoms with Crippen LogP contribution in [0.1, 0.15) is 14.5 Å². The minimum Gasteiger partial charge on any atom is -0.352 e. The quantitative estimate of drug-likeness (QED) is 0.505. The summed E-state index contributed by atoms with van der Waals surface area (Å²) < 4.78 is 0. The third-order valence-corrected chi connectivity index (χ3v) is 6.26. The summed E-state index contributed by atoms with van der Waals surface area (Å²) in [5, 5.41) is 11.8. The molecule has 10 heteroatoms. The maximum Gasteiger partial charge on any atom is 0.324 e. The highest BCUT2D eigenvalue weighted by molar-refractivity contribution is 7.18. The first-order valence-electron chi connectivity index (χ1n) is 8.02. The van der Waals surface area contributed by atoms with Crippen LogP contribution in [0, 0.1) is 17.0 Å². The Morgan fingerprint density at radius 2 is 1.96 bits per heavy atom. The van der Waals surface area contributed by atoms with Gasteiger partial charge in [-0.15, -0.1) is 11.3 Å². The van der Waals surface area contributed by atoms with Gasteiger partial charge in [-0.3, -0.25) is 14.9 Å². The van der Waals surface area contributed by atoms with E-state index in [1.165, 1.54) is 17.0 Å². The number of thiophene rings is 2. The van der Waals surface area contributed by atoms with Crippen molar-refractivity contribution >= 4 is 49.6 Å². The molecule has 1 fully saturated rings. The minimum atomic E-state index is -0.470. The number of carbonyl (C=O) groups excluding carboxylic acids is 1. The van der Waals surface area contributed by atoms with Crippen molar-refractivity contribution in [1.82, 2.24) is 14.9 Å². The van der Waals surface area contributed by atoms with Crippen LogP contribution in [0.15, 0.2) is 24.5 Å². The summed E-state index contributed by atoms with van der Waals surface area (Å²) >= 11 is 2.56. The molecule has 1 amide bonds. The van der Waals surface area contributed by atoms with E-state index in [9.17, 15) is 14.9 Å². The predicted molar refractivity (Wildman–Crippen MR) is 101 cm³/mol. The molecule has 0 radical (unpaired) electrons. The molecule has 0 atom stereocenters. The summed E-state index contributed by atoms with van der Waals surface area (Å²) in [5.74, 6) is 0.750. The maximum atomic E-state index is 12.6. The lowest BCUT2D eigenvalue weighted by molar-refractivity contribution is -0.380. The number of hydrogen-bond acceptors (Lipinski definition) is 8. The summed E-state index contributed by atoms with van der Waals surface area (Å²) in [6.07, 6.45) is 1.58. The van der Waals surface area contributed by atoms with Crippen LogP contribution < -0.4 is 4.90 Å². The highest BCUT2D eigenvalue weighted by Crippen LogP contribution is 2.30. The zero-order chi connectivity index (χ0) is 18.3. The first-order valence-corrected chi connectivity index (χ1v) is 9.66. The lowest BCUT2D eigenvalue weighted by atomic mass is 10.2. The van der Waals surface area contributed by atoms with Gasteiger partial charge >= 0.3 is 5.00 Å². The molecule has 0 saturated carbocycles. The van der Waals surface area contributed by atoms with E-state index in [0.29, 0.717) is 31.1 Å². The zero-order valence-corrected chi connectivity index (χ0v) is 15.5. The number of nitrogens with zero attached hydrogens (tertiary/aromatic N) is 5. The van der Waals surface area contributed by atoms with E-state index < -0.39 is 4.92 Å². The molecule has 8 nitrogen and oxygen atoms in total. The molecule has 3 aromatic rings. The van der Waals surface area contributed by atoms with Gasteiger partial charge in [-0.2, -0.15) is 0 Å². The van der Waals surface area contributed by atoms with E-state index in [0.717, 1.165) is 27.4 Å². The Morgan fingerprint density at radius 3 is 2.65 bits per heavy atom. The third-order valence-electron chi connectivity index (χ3n) is 4.28. The largest absolute Gasteiger partial charge is 0.352 e.